The average molecular weight is 549 g/mol. The van der Waals surface area contributed by atoms with Crippen LogP contribution in [0.4, 0.5) is 5.82 Å². The lowest BCUT2D eigenvalue weighted by Gasteiger charge is -2.25. The number of carbonyl (C=O) groups excluding carboxylic acids is 2. The summed E-state index contributed by atoms with van der Waals surface area (Å²) in [5, 5.41) is 7.99. The molecule has 2 amide bonds. The Kier molecular flexibility index (Phi) is 8.45. The van der Waals surface area contributed by atoms with E-state index in [4.69, 9.17) is 9.84 Å². The average Bonchev–Trinajstić information content (AvgIpc) is 3.22. The first-order valence-electron chi connectivity index (χ1n) is 13.5. The van der Waals surface area contributed by atoms with Crippen molar-refractivity contribution in [1.29, 1.82) is 0 Å². The van der Waals surface area contributed by atoms with Gasteiger partial charge in [-0.1, -0.05) is 65.0 Å². The van der Waals surface area contributed by atoms with Gasteiger partial charge in [0.1, 0.15) is 18.1 Å². The van der Waals surface area contributed by atoms with Crippen LogP contribution >= 0.6 is 11.8 Å². The van der Waals surface area contributed by atoms with Gasteiger partial charge in [-0.05, 0) is 43.0 Å². The molecule has 0 fully saturated rings. The molecule has 0 saturated carbocycles. The molecule has 1 atom stereocenters. The maximum atomic E-state index is 13.8. The molecule has 0 unspecified atom stereocenters. The maximum absolute atomic E-state index is 13.8. The molecule has 8 heteroatoms. The minimum Gasteiger partial charge on any atom is -0.496 e. The number of nitrogens with zero attached hydrogens (tertiary/aromatic N) is 3. The fourth-order valence-corrected chi connectivity index (χ4v) is 6.08. The van der Waals surface area contributed by atoms with Crippen LogP contribution in [0.3, 0.4) is 0 Å². The van der Waals surface area contributed by atoms with Crippen molar-refractivity contribution in [2.24, 2.45) is 5.92 Å². The van der Waals surface area contributed by atoms with Crippen LogP contribution in [-0.4, -0.2) is 47.5 Å². The number of amides is 2. The van der Waals surface area contributed by atoms with E-state index in [1.54, 1.807) is 23.8 Å². The van der Waals surface area contributed by atoms with Crippen molar-refractivity contribution in [2.75, 3.05) is 30.9 Å². The number of hydrogen-bond acceptors (Lipinski definition) is 5. The SMILES string of the molecule is COc1ccccc1[C@@H]1SCC(=O)N(CC(=O)NCC(C)C)c2c1c(C(C)(C)C)nn2-c1cccc(C)c1C. The number of benzene rings is 2. The Balaban J connectivity index is 2.03. The summed E-state index contributed by atoms with van der Waals surface area (Å²) in [7, 11) is 1.67. The fraction of sp³-hybridized carbons (Fsp3) is 0.452. The van der Waals surface area contributed by atoms with Gasteiger partial charge in [-0.2, -0.15) is 5.10 Å². The monoisotopic (exact) mass is 548 g/mol. The van der Waals surface area contributed by atoms with Gasteiger partial charge in [0, 0.05) is 23.1 Å². The molecule has 2 aromatic carbocycles. The molecular formula is C31H40N4O3S. The highest BCUT2D eigenvalue weighted by Crippen LogP contribution is 2.50. The minimum atomic E-state index is -0.327. The largest absolute Gasteiger partial charge is 0.496 e. The minimum absolute atomic E-state index is 0.0715. The number of ether oxygens (including phenoxy) is 1. The number of fused-ring (bicyclic) bond motifs is 1. The molecular weight excluding hydrogens is 508 g/mol. The van der Waals surface area contributed by atoms with Crippen molar-refractivity contribution in [3.63, 3.8) is 0 Å². The van der Waals surface area contributed by atoms with Gasteiger partial charge in [-0.25, -0.2) is 4.68 Å². The zero-order valence-electron chi connectivity index (χ0n) is 24.3. The lowest BCUT2D eigenvalue weighted by Crippen LogP contribution is -2.43. The standard InChI is InChI=1S/C31H40N4O3S/c1-19(2)16-32-25(36)17-34-26(37)18-39-28(22-13-9-10-15-24(22)38-8)27-29(31(5,6)7)33-35(30(27)34)23-14-11-12-20(3)21(23)4/h9-15,19,28H,16-18H2,1-8H3,(H,32,36)/t28-/m0/s1. The molecule has 2 heterocycles. The summed E-state index contributed by atoms with van der Waals surface area (Å²) in [6.45, 7) is 15.1. The number of hydrogen-bond donors (Lipinski definition) is 1. The first-order valence-corrected chi connectivity index (χ1v) is 14.5. The maximum Gasteiger partial charge on any atom is 0.240 e. The molecule has 0 saturated heterocycles. The molecule has 208 valence electrons. The van der Waals surface area contributed by atoms with E-state index in [0.717, 1.165) is 39.4 Å². The van der Waals surface area contributed by atoms with Gasteiger partial charge >= 0.3 is 0 Å². The van der Waals surface area contributed by atoms with E-state index in [1.165, 1.54) is 0 Å². The molecule has 4 rings (SSSR count). The smallest absolute Gasteiger partial charge is 0.240 e. The molecule has 0 bridgehead atoms. The third-order valence-corrected chi connectivity index (χ3v) is 8.27. The van der Waals surface area contributed by atoms with Crippen molar-refractivity contribution in [3.05, 3.63) is 70.4 Å². The van der Waals surface area contributed by atoms with Crippen molar-refractivity contribution in [3.8, 4) is 11.4 Å². The van der Waals surface area contributed by atoms with Crippen molar-refractivity contribution >= 4 is 29.4 Å². The van der Waals surface area contributed by atoms with Gasteiger partial charge in [0.05, 0.1) is 29.5 Å². The van der Waals surface area contributed by atoms with Crippen LogP contribution in [0.2, 0.25) is 0 Å². The third kappa shape index (κ3) is 5.86. The molecule has 39 heavy (non-hydrogen) atoms. The Labute approximate surface area is 236 Å². The second-order valence-corrected chi connectivity index (χ2v) is 12.7. The third-order valence-electron chi connectivity index (χ3n) is 7.03. The van der Waals surface area contributed by atoms with Crippen LogP contribution in [0.25, 0.3) is 5.69 Å². The summed E-state index contributed by atoms with van der Waals surface area (Å²) in [5.74, 6) is 1.64. The topological polar surface area (TPSA) is 76.5 Å². The number of carbonyl (C=O) groups is 2. The molecule has 0 aliphatic carbocycles. The predicted molar refractivity (Wildman–Crippen MR) is 159 cm³/mol. The summed E-state index contributed by atoms with van der Waals surface area (Å²) in [6.07, 6.45) is 0. The number of methoxy groups -OCH3 is 1. The highest BCUT2D eigenvalue weighted by Gasteiger charge is 2.40. The molecule has 1 aliphatic rings. The molecule has 7 nitrogen and oxygen atoms in total. The van der Waals surface area contributed by atoms with Crippen LogP contribution in [0, 0.1) is 19.8 Å². The number of aromatic nitrogens is 2. The van der Waals surface area contributed by atoms with Gasteiger partial charge in [-0.3, -0.25) is 14.5 Å². The van der Waals surface area contributed by atoms with Crippen molar-refractivity contribution < 1.29 is 14.3 Å². The highest BCUT2D eigenvalue weighted by atomic mass is 32.2. The summed E-state index contributed by atoms with van der Waals surface area (Å²) in [4.78, 5) is 28.6. The van der Waals surface area contributed by atoms with E-state index >= 15 is 0 Å². The van der Waals surface area contributed by atoms with Crippen LogP contribution in [0.1, 0.15) is 67.8 Å². The quantitative estimate of drug-likeness (QED) is 0.408. The number of rotatable bonds is 7. The van der Waals surface area contributed by atoms with Gasteiger partial charge in [0.2, 0.25) is 11.8 Å². The van der Waals surface area contributed by atoms with Gasteiger partial charge in [0.15, 0.2) is 0 Å². The second-order valence-electron chi connectivity index (χ2n) is 11.6. The summed E-state index contributed by atoms with van der Waals surface area (Å²) in [5.41, 5.74) is 5.59. The lowest BCUT2D eigenvalue weighted by atomic mass is 9.87. The Bertz CT molecular complexity index is 1370. The van der Waals surface area contributed by atoms with Crippen LogP contribution in [-0.2, 0) is 15.0 Å². The molecule has 0 radical (unpaired) electrons. The van der Waals surface area contributed by atoms with Crippen molar-refractivity contribution in [1.82, 2.24) is 15.1 Å². The Morgan fingerprint density at radius 1 is 1.15 bits per heavy atom. The van der Waals surface area contributed by atoms with Gasteiger partial charge < -0.3 is 10.1 Å². The first kappa shape index (κ1) is 28.7. The van der Waals surface area contributed by atoms with Crippen LogP contribution < -0.4 is 15.0 Å². The van der Waals surface area contributed by atoms with Gasteiger partial charge in [0.25, 0.3) is 0 Å². The molecule has 1 aliphatic heterocycles. The Hall–Kier alpha value is -3.26. The molecule has 3 aromatic rings. The van der Waals surface area contributed by atoms with E-state index in [1.807, 2.05) is 35.0 Å². The van der Waals surface area contributed by atoms with E-state index in [2.05, 4.69) is 65.9 Å². The number of aryl methyl sites for hydroxylation is 1. The summed E-state index contributed by atoms with van der Waals surface area (Å²) in [6, 6.07) is 14.1. The van der Waals surface area contributed by atoms with E-state index < -0.39 is 0 Å². The van der Waals surface area contributed by atoms with E-state index in [-0.39, 0.29) is 34.8 Å². The summed E-state index contributed by atoms with van der Waals surface area (Å²) >= 11 is 1.56. The second kappa shape index (κ2) is 11.5. The van der Waals surface area contributed by atoms with Crippen molar-refractivity contribution in [2.45, 2.75) is 59.1 Å². The lowest BCUT2D eigenvalue weighted by molar-refractivity contribution is -0.123. The predicted octanol–water partition coefficient (Wildman–Crippen LogP) is 5.74. The number of para-hydroxylation sites is 1. The molecule has 0 spiro atoms. The van der Waals surface area contributed by atoms with Crippen LogP contribution in [0.15, 0.2) is 42.5 Å². The van der Waals surface area contributed by atoms with E-state index in [0.29, 0.717) is 18.3 Å². The zero-order chi connectivity index (χ0) is 28.5. The van der Waals surface area contributed by atoms with Crippen LogP contribution in [0.5, 0.6) is 5.75 Å². The Morgan fingerprint density at radius 3 is 2.54 bits per heavy atom. The molecule has 1 N–H and O–H groups in total. The number of anilines is 1. The molecule has 1 aromatic heterocycles. The highest BCUT2D eigenvalue weighted by molar-refractivity contribution is 8.00. The normalized spacial score (nSPS) is 15.8. The summed E-state index contributed by atoms with van der Waals surface area (Å²) < 4.78 is 7.66. The number of thioether (sulfide) groups is 1. The van der Waals surface area contributed by atoms with Gasteiger partial charge in [-0.15, -0.1) is 11.8 Å². The van der Waals surface area contributed by atoms with E-state index in [9.17, 15) is 9.59 Å². The fourth-order valence-electron chi connectivity index (χ4n) is 4.85. The Morgan fingerprint density at radius 2 is 1.87 bits per heavy atom. The zero-order valence-corrected chi connectivity index (χ0v) is 25.1. The first-order chi connectivity index (χ1) is 18.4. The number of nitrogens with one attached hydrogen (secondary N) is 1.